The van der Waals surface area contributed by atoms with Crippen molar-refractivity contribution in [3.8, 4) is 0 Å². The maximum absolute atomic E-state index is 12.2. The average Bonchev–Trinajstić information content (AvgIpc) is 2.90. The second-order valence-electron chi connectivity index (χ2n) is 7.23. The molecular weight excluding hydrogens is 238 g/mol. The number of nitrogens with zero attached hydrogens (tertiary/aromatic N) is 2. The molecule has 0 radical (unpaired) electrons. The lowest BCUT2D eigenvalue weighted by Gasteiger charge is -2.41. The Labute approximate surface area is 115 Å². The molecule has 1 aliphatic heterocycles. The molecule has 0 aromatic rings. The van der Waals surface area contributed by atoms with Gasteiger partial charge in [-0.1, -0.05) is 6.42 Å². The largest absolute Gasteiger partial charge is 0.339 e. The molecule has 3 saturated carbocycles. The predicted molar refractivity (Wildman–Crippen MR) is 73.5 cm³/mol. The molecule has 4 nitrogen and oxygen atoms in total. The third kappa shape index (κ3) is 2.00. The summed E-state index contributed by atoms with van der Waals surface area (Å²) in [7, 11) is 0. The highest BCUT2D eigenvalue weighted by atomic mass is 16.2. The third-order valence-corrected chi connectivity index (χ3v) is 5.99. The number of hydrogen-bond acceptors (Lipinski definition) is 3. The molecule has 3 unspecified atom stereocenters. The lowest BCUT2D eigenvalue weighted by Crippen LogP contribution is -2.56. The molecule has 0 aromatic carbocycles. The smallest absolute Gasteiger partial charge is 0.242 e. The van der Waals surface area contributed by atoms with Crippen molar-refractivity contribution in [2.75, 3.05) is 26.2 Å². The van der Waals surface area contributed by atoms with E-state index in [1.54, 1.807) is 0 Å². The minimum Gasteiger partial charge on any atom is -0.339 e. The summed E-state index contributed by atoms with van der Waals surface area (Å²) in [6.07, 6.45) is 7.57. The van der Waals surface area contributed by atoms with Gasteiger partial charge in [0, 0.05) is 32.2 Å². The average molecular weight is 263 g/mol. The van der Waals surface area contributed by atoms with Crippen molar-refractivity contribution in [1.29, 1.82) is 0 Å². The molecule has 4 fully saturated rings. The maximum atomic E-state index is 12.2. The number of carbonyl (C=O) groups excluding carboxylic acids is 1. The lowest BCUT2D eigenvalue weighted by molar-refractivity contribution is -0.135. The lowest BCUT2D eigenvalue weighted by atomic mass is 9.93. The summed E-state index contributed by atoms with van der Waals surface area (Å²) in [5, 5.41) is 0. The summed E-state index contributed by atoms with van der Waals surface area (Å²) in [6.45, 7) is 3.92. The summed E-state index contributed by atoms with van der Waals surface area (Å²) in [4.78, 5) is 16.9. The van der Waals surface area contributed by atoms with Crippen LogP contribution in [0.15, 0.2) is 0 Å². The molecule has 1 saturated heterocycles. The standard InChI is InChI=1S/C15H25N3O/c16-15(3-4-15)14(19)18-7-5-17(6-8-18)13-10-11-1-2-12(13)9-11/h11-13H,1-10,16H2. The van der Waals surface area contributed by atoms with Crippen LogP contribution in [0, 0.1) is 11.8 Å². The van der Waals surface area contributed by atoms with E-state index in [9.17, 15) is 4.79 Å². The molecule has 3 atom stereocenters. The minimum absolute atomic E-state index is 0.208. The van der Waals surface area contributed by atoms with Gasteiger partial charge < -0.3 is 10.6 Å². The van der Waals surface area contributed by atoms with Crippen molar-refractivity contribution >= 4 is 5.91 Å². The van der Waals surface area contributed by atoms with Gasteiger partial charge in [0.05, 0.1) is 5.54 Å². The first kappa shape index (κ1) is 12.2. The fourth-order valence-electron chi connectivity index (χ4n) is 4.58. The molecule has 4 heteroatoms. The van der Waals surface area contributed by atoms with Crippen molar-refractivity contribution in [2.24, 2.45) is 17.6 Å². The van der Waals surface area contributed by atoms with Crippen molar-refractivity contribution in [3.05, 3.63) is 0 Å². The molecule has 1 heterocycles. The van der Waals surface area contributed by atoms with Crippen LogP contribution >= 0.6 is 0 Å². The summed E-state index contributed by atoms with van der Waals surface area (Å²) >= 11 is 0. The fraction of sp³-hybridized carbons (Fsp3) is 0.933. The van der Waals surface area contributed by atoms with E-state index < -0.39 is 5.54 Å². The zero-order valence-corrected chi connectivity index (χ0v) is 11.7. The second-order valence-corrected chi connectivity index (χ2v) is 7.23. The number of carbonyl (C=O) groups is 1. The number of rotatable bonds is 2. The van der Waals surface area contributed by atoms with Gasteiger partial charge in [-0.15, -0.1) is 0 Å². The Morgan fingerprint density at radius 2 is 1.79 bits per heavy atom. The Morgan fingerprint density at radius 3 is 2.32 bits per heavy atom. The van der Waals surface area contributed by atoms with E-state index in [1.807, 2.05) is 4.90 Å². The molecule has 2 N–H and O–H groups in total. The quantitative estimate of drug-likeness (QED) is 0.802. The van der Waals surface area contributed by atoms with Crippen LogP contribution in [-0.4, -0.2) is 53.5 Å². The van der Waals surface area contributed by atoms with Gasteiger partial charge >= 0.3 is 0 Å². The highest BCUT2D eigenvalue weighted by Crippen LogP contribution is 2.46. The second kappa shape index (κ2) is 4.19. The molecule has 106 valence electrons. The minimum atomic E-state index is -0.478. The number of fused-ring (bicyclic) bond motifs is 2. The molecular formula is C15H25N3O. The Morgan fingerprint density at radius 1 is 1.05 bits per heavy atom. The first-order valence-corrected chi connectivity index (χ1v) is 7.98. The van der Waals surface area contributed by atoms with Crippen LogP contribution in [0.1, 0.15) is 38.5 Å². The van der Waals surface area contributed by atoms with Gasteiger partial charge in [0.25, 0.3) is 0 Å². The summed E-state index contributed by atoms with van der Waals surface area (Å²) < 4.78 is 0. The number of piperazine rings is 1. The van der Waals surface area contributed by atoms with E-state index in [2.05, 4.69) is 4.90 Å². The number of nitrogens with two attached hydrogens (primary N) is 1. The van der Waals surface area contributed by atoms with Gasteiger partial charge in [0.1, 0.15) is 0 Å². The first-order chi connectivity index (χ1) is 9.16. The Kier molecular flexibility index (Phi) is 2.68. The van der Waals surface area contributed by atoms with Crippen molar-refractivity contribution < 1.29 is 4.79 Å². The Bertz CT molecular complexity index is 385. The molecule has 4 rings (SSSR count). The fourth-order valence-corrected chi connectivity index (χ4v) is 4.58. The first-order valence-electron chi connectivity index (χ1n) is 7.98. The van der Waals surface area contributed by atoms with Crippen LogP contribution in [-0.2, 0) is 4.79 Å². The van der Waals surface area contributed by atoms with Gasteiger partial charge in [-0.3, -0.25) is 9.69 Å². The van der Waals surface area contributed by atoms with E-state index in [0.717, 1.165) is 56.9 Å². The Hall–Kier alpha value is -0.610. The van der Waals surface area contributed by atoms with E-state index in [0.29, 0.717) is 0 Å². The molecule has 2 bridgehead atoms. The van der Waals surface area contributed by atoms with Gasteiger partial charge in [-0.25, -0.2) is 0 Å². The van der Waals surface area contributed by atoms with Crippen LogP contribution in [0.3, 0.4) is 0 Å². The summed E-state index contributed by atoms with van der Waals surface area (Å²) in [6, 6.07) is 0.823. The van der Waals surface area contributed by atoms with Gasteiger partial charge in [-0.05, 0) is 43.9 Å². The predicted octanol–water partition coefficient (Wildman–Crippen LogP) is 0.810. The van der Waals surface area contributed by atoms with Crippen LogP contribution in [0.4, 0.5) is 0 Å². The zero-order valence-electron chi connectivity index (χ0n) is 11.7. The molecule has 0 aromatic heterocycles. The topological polar surface area (TPSA) is 49.6 Å². The molecule has 0 spiro atoms. The zero-order chi connectivity index (χ0) is 13.0. The number of amides is 1. The van der Waals surface area contributed by atoms with E-state index >= 15 is 0 Å². The molecule has 19 heavy (non-hydrogen) atoms. The van der Waals surface area contributed by atoms with Crippen molar-refractivity contribution in [3.63, 3.8) is 0 Å². The van der Waals surface area contributed by atoms with Gasteiger partial charge in [0.15, 0.2) is 0 Å². The van der Waals surface area contributed by atoms with Crippen LogP contribution in [0.2, 0.25) is 0 Å². The monoisotopic (exact) mass is 263 g/mol. The Balaban J connectivity index is 1.34. The van der Waals surface area contributed by atoms with Crippen LogP contribution in [0.25, 0.3) is 0 Å². The van der Waals surface area contributed by atoms with Crippen LogP contribution in [0.5, 0.6) is 0 Å². The highest BCUT2D eigenvalue weighted by Gasteiger charge is 2.49. The van der Waals surface area contributed by atoms with Crippen LogP contribution < -0.4 is 5.73 Å². The molecule has 4 aliphatic rings. The van der Waals surface area contributed by atoms with E-state index in [-0.39, 0.29) is 5.91 Å². The van der Waals surface area contributed by atoms with Crippen molar-refractivity contribution in [1.82, 2.24) is 9.80 Å². The normalized spacial score (nSPS) is 40.7. The van der Waals surface area contributed by atoms with Gasteiger partial charge in [-0.2, -0.15) is 0 Å². The SMILES string of the molecule is NC1(C(=O)N2CCN(C3CC4CCC3C4)CC2)CC1. The summed E-state index contributed by atoms with van der Waals surface area (Å²) in [5.41, 5.74) is 5.54. The van der Waals surface area contributed by atoms with Crippen molar-refractivity contribution in [2.45, 2.75) is 50.1 Å². The molecule has 3 aliphatic carbocycles. The molecule has 1 amide bonds. The summed E-state index contributed by atoms with van der Waals surface area (Å²) in [5.74, 6) is 2.17. The van der Waals surface area contributed by atoms with Gasteiger partial charge in [0.2, 0.25) is 5.91 Å². The number of hydrogen-bond donors (Lipinski definition) is 1. The maximum Gasteiger partial charge on any atom is 0.242 e. The van der Waals surface area contributed by atoms with E-state index in [4.69, 9.17) is 5.73 Å². The highest BCUT2D eigenvalue weighted by molar-refractivity contribution is 5.89. The third-order valence-electron chi connectivity index (χ3n) is 5.99. The van der Waals surface area contributed by atoms with E-state index in [1.165, 1.54) is 25.7 Å².